The second-order valence-corrected chi connectivity index (χ2v) is 4.83. The number of nitrogens with zero attached hydrogens (tertiary/aromatic N) is 1. The Bertz CT molecular complexity index is 660. The largest absolute Gasteiger partial charge is 0.480 e. The van der Waals surface area contributed by atoms with Crippen LogP contribution in [0.4, 0.5) is 13.2 Å². The molecule has 2 aromatic rings. The summed E-state index contributed by atoms with van der Waals surface area (Å²) in [7, 11) is 0. The zero-order valence-corrected chi connectivity index (χ0v) is 12.3. The van der Waals surface area contributed by atoms with Crippen LogP contribution in [0.15, 0.2) is 48.8 Å². The quantitative estimate of drug-likeness (QED) is 0.919. The van der Waals surface area contributed by atoms with Gasteiger partial charge in [-0.05, 0) is 36.8 Å². The molecule has 1 N–H and O–H groups in total. The van der Waals surface area contributed by atoms with Crippen LogP contribution < -0.4 is 10.1 Å². The van der Waals surface area contributed by atoms with Crippen molar-refractivity contribution in [2.45, 2.75) is 25.7 Å². The van der Waals surface area contributed by atoms with Crippen LogP contribution in [0.5, 0.6) is 5.75 Å². The molecule has 1 amide bonds. The number of hydrogen-bond acceptors (Lipinski definition) is 3. The van der Waals surface area contributed by atoms with Gasteiger partial charge in [0.1, 0.15) is 5.75 Å². The Labute approximate surface area is 131 Å². The molecule has 23 heavy (non-hydrogen) atoms. The lowest BCUT2D eigenvalue weighted by atomic mass is 10.2. The third-order valence-electron chi connectivity index (χ3n) is 3.08. The average molecular weight is 324 g/mol. The van der Waals surface area contributed by atoms with Gasteiger partial charge in [-0.1, -0.05) is 12.1 Å². The number of rotatable bonds is 5. The molecule has 0 saturated heterocycles. The maximum absolute atomic E-state index is 12.9. The van der Waals surface area contributed by atoms with Gasteiger partial charge in [0.15, 0.2) is 6.10 Å². The van der Waals surface area contributed by atoms with Crippen LogP contribution in [0.2, 0.25) is 0 Å². The highest BCUT2D eigenvalue weighted by Crippen LogP contribution is 2.36. The van der Waals surface area contributed by atoms with Crippen molar-refractivity contribution in [2.75, 3.05) is 0 Å². The maximum Gasteiger partial charge on any atom is 0.419 e. The summed E-state index contributed by atoms with van der Waals surface area (Å²) in [5, 5.41) is 2.60. The van der Waals surface area contributed by atoms with Crippen LogP contribution in [0.3, 0.4) is 0 Å². The highest BCUT2D eigenvalue weighted by molar-refractivity contribution is 5.80. The molecule has 1 aromatic heterocycles. The molecular weight excluding hydrogens is 309 g/mol. The summed E-state index contributed by atoms with van der Waals surface area (Å²) in [5.74, 6) is -0.870. The van der Waals surface area contributed by atoms with E-state index in [0.29, 0.717) is 0 Å². The predicted octanol–water partition coefficient (Wildman–Crippen LogP) is 3.18. The summed E-state index contributed by atoms with van der Waals surface area (Å²) < 4.78 is 43.8. The fourth-order valence-corrected chi connectivity index (χ4v) is 1.88. The van der Waals surface area contributed by atoms with Gasteiger partial charge in [0.25, 0.3) is 5.91 Å². The summed E-state index contributed by atoms with van der Waals surface area (Å²) in [6.07, 6.45) is -2.42. The van der Waals surface area contributed by atoms with Gasteiger partial charge in [-0.15, -0.1) is 0 Å². The molecule has 0 aliphatic heterocycles. The van der Waals surface area contributed by atoms with E-state index in [-0.39, 0.29) is 12.3 Å². The number of benzene rings is 1. The second kappa shape index (κ2) is 7.13. The van der Waals surface area contributed by atoms with E-state index in [9.17, 15) is 18.0 Å². The first-order valence-corrected chi connectivity index (χ1v) is 6.87. The smallest absolute Gasteiger partial charge is 0.419 e. The van der Waals surface area contributed by atoms with Crippen molar-refractivity contribution in [3.8, 4) is 5.75 Å². The topological polar surface area (TPSA) is 51.2 Å². The molecule has 7 heteroatoms. The first kappa shape index (κ1) is 16.8. The molecule has 0 aliphatic rings. The summed E-state index contributed by atoms with van der Waals surface area (Å²) in [4.78, 5) is 15.8. The molecule has 1 heterocycles. The monoisotopic (exact) mass is 324 g/mol. The van der Waals surface area contributed by atoms with Gasteiger partial charge in [0.2, 0.25) is 0 Å². The zero-order valence-electron chi connectivity index (χ0n) is 12.3. The van der Waals surface area contributed by atoms with Crippen molar-refractivity contribution < 1.29 is 22.7 Å². The first-order valence-electron chi connectivity index (χ1n) is 6.87. The van der Waals surface area contributed by atoms with Crippen molar-refractivity contribution >= 4 is 5.91 Å². The van der Waals surface area contributed by atoms with Crippen LogP contribution in [-0.2, 0) is 17.5 Å². The van der Waals surface area contributed by atoms with Crippen LogP contribution in [-0.4, -0.2) is 17.0 Å². The van der Waals surface area contributed by atoms with E-state index < -0.39 is 23.8 Å². The number of hydrogen-bond donors (Lipinski definition) is 1. The Morgan fingerprint density at radius 3 is 2.52 bits per heavy atom. The number of pyridine rings is 1. The van der Waals surface area contributed by atoms with E-state index >= 15 is 0 Å². The molecule has 0 spiro atoms. The van der Waals surface area contributed by atoms with Crippen molar-refractivity contribution in [3.63, 3.8) is 0 Å². The minimum atomic E-state index is -4.54. The standard InChI is InChI=1S/C16H15F3N2O2/c1-11(15(22)21-10-12-6-8-20-9-7-12)23-14-5-3-2-4-13(14)16(17,18)19/h2-9,11H,10H2,1H3,(H,21,22). The fourth-order valence-electron chi connectivity index (χ4n) is 1.88. The van der Waals surface area contributed by atoms with E-state index in [1.54, 1.807) is 24.5 Å². The van der Waals surface area contributed by atoms with Crippen LogP contribution in [0.1, 0.15) is 18.1 Å². The predicted molar refractivity (Wildman–Crippen MR) is 77.6 cm³/mol. The molecule has 1 atom stereocenters. The Kier molecular flexibility index (Phi) is 5.20. The third kappa shape index (κ3) is 4.70. The van der Waals surface area contributed by atoms with Crippen LogP contribution >= 0.6 is 0 Å². The van der Waals surface area contributed by atoms with Crippen LogP contribution in [0.25, 0.3) is 0 Å². The normalized spacial score (nSPS) is 12.5. The van der Waals surface area contributed by atoms with Crippen molar-refractivity contribution in [2.24, 2.45) is 0 Å². The van der Waals surface area contributed by atoms with Crippen molar-refractivity contribution in [1.82, 2.24) is 10.3 Å². The van der Waals surface area contributed by atoms with Crippen molar-refractivity contribution in [3.05, 3.63) is 59.9 Å². The third-order valence-corrected chi connectivity index (χ3v) is 3.08. The van der Waals surface area contributed by atoms with E-state index in [1.165, 1.54) is 25.1 Å². The first-order chi connectivity index (χ1) is 10.9. The number of nitrogens with one attached hydrogen (secondary N) is 1. The van der Waals surface area contributed by atoms with Crippen LogP contribution in [0, 0.1) is 0 Å². The Morgan fingerprint density at radius 1 is 1.22 bits per heavy atom. The Balaban J connectivity index is 1.99. The van der Waals surface area contributed by atoms with Gasteiger partial charge >= 0.3 is 6.18 Å². The number of alkyl halides is 3. The van der Waals surface area contributed by atoms with Gasteiger partial charge in [-0.2, -0.15) is 13.2 Å². The van der Waals surface area contributed by atoms with E-state index in [2.05, 4.69) is 10.3 Å². The summed E-state index contributed by atoms with van der Waals surface area (Å²) >= 11 is 0. The average Bonchev–Trinajstić information content (AvgIpc) is 2.53. The van der Waals surface area contributed by atoms with Gasteiger partial charge in [-0.25, -0.2) is 0 Å². The number of carbonyl (C=O) groups excluding carboxylic acids is 1. The molecule has 122 valence electrons. The number of halogens is 3. The lowest BCUT2D eigenvalue weighted by Crippen LogP contribution is -2.36. The fraction of sp³-hybridized carbons (Fsp3) is 0.250. The molecule has 1 aromatic carbocycles. The van der Waals surface area contributed by atoms with Gasteiger partial charge < -0.3 is 10.1 Å². The zero-order chi connectivity index (χ0) is 16.9. The molecule has 0 saturated carbocycles. The molecule has 2 rings (SSSR count). The lowest BCUT2D eigenvalue weighted by molar-refractivity contribution is -0.140. The lowest BCUT2D eigenvalue weighted by Gasteiger charge is -2.18. The summed E-state index contributed by atoms with van der Waals surface area (Å²) in [6, 6.07) is 8.25. The molecule has 4 nitrogen and oxygen atoms in total. The highest BCUT2D eigenvalue weighted by atomic mass is 19.4. The highest BCUT2D eigenvalue weighted by Gasteiger charge is 2.34. The number of carbonyl (C=O) groups is 1. The number of para-hydroxylation sites is 1. The molecule has 1 unspecified atom stereocenters. The molecule has 0 bridgehead atoms. The maximum atomic E-state index is 12.9. The number of aromatic nitrogens is 1. The van der Waals surface area contributed by atoms with Gasteiger partial charge in [-0.3, -0.25) is 9.78 Å². The molecule has 0 fully saturated rings. The SMILES string of the molecule is CC(Oc1ccccc1C(F)(F)F)C(=O)NCc1ccncc1. The van der Waals surface area contributed by atoms with Gasteiger partial charge in [0, 0.05) is 18.9 Å². The van der Waals surface area contributed by atoms with Gasteiger partial charge in [0.05, 0.1) is 5.56 Å². The second-order valence-electron chi connectivity index (χ2n) is 4.83. The number of ether oxygens (including phenoxy) is 1. The van der Waals surface area contributed by atoms with E-state index in [1.807, 2.05) is 0 Å². The summed E-state index contributed by atoms with van der Waals surface area (Å²) in [5.41, 5.74) is -0.0787. The van der Waals surface area contributed by atoms with Crippen molar-refractivity contribution in [1.29, 1.82) is 0 Å². The Hall–Kier alpha value is -2.57. The Morgan fingerprint density at radius 2 is 1.87 bits per heavy atom. The van der Waals surface area contributed by atoms with E-state index in [0.717, 1.165) is 11.6 Å². The van der Waals surface area contributed by atoms with E-state index in [4.69, 9.17) is 4.74 Å². The molecule has 0 radical (unpaired) electrons. The summed E-state index contributed by atoms with van der Waals surface area (Å²) in [6.45, 7) is 1.64. The molecule has 0 aliphatic carbocycles. The minimum Gasteiger partial charge on any atom is -0.480 e. The minimum absolute atomic E-state index is 0.246. The molecular formula is C16H15F3N2O2. The number of amides is 1.